The van der Waals surface area contributed by atoms with E-state index in [0.29, 0.717) is 18.0 Å². The summed E-state index contributed by atoms with van der Waals surface area (Å²) in [5.41, 5.74) is 6.85. The highest BCUT2D eigenvalue weighted by molar-refractivity contribution is 5.92. The van der Waals surface area contributed by atoms with Crippen molar-refractivity contribution in [2.24, 2.45) is 16.6 Å². The molecule has 0 saturated carbocycles. The second-order valence-corrected chi connectivity index (χ2v) is 5.78. The summed E-state index contributed by atoms with van der Waals surface area (Å²) in [6.45, 7) is 6.06. The first kappa shape index (κ1) is 19.0. The smallest absolute Gasteiger partial charge is 0.248 e. The molecule has 0 aliphatic heterocycles. The van der Waals surface area contributed by atoms with E-state index in [-0.39, 0.29) is 0 Å². The zero-order valence-corrected chi connectivity index (χ0v) is 14.6. The number of nitrogens with zero attached hydrogens (tertiary/aromatic N) is 1. The lowest BCUT2D eigenvalue weighted by Gasteiger charge is -2.18. The number of nitrogens with one attached hydrogen (secondary N) is 2. The van der Waals surface area contributed by atoms with E-state index < -0.39 is 5.91 Å². The van der Waals surface area contributed by atoms with Crippen LogP contribution in [0.1, 0.15) is 55.5 Å². The Morgan fingerprint density at radius 2 is 1.91 bits per heavy atom. The van der Waals surface area contributed by atoms with Crippen LogP contribution in [-0.4, -0.2) is 25.5 Å². The van der Waals surface area contributed by atoms with Gasteiger partial charge in [-0.3, -0.25) is 9.79 Å². The maximum absolute atomic E-state index is 11.1. The molecule has 23 heavy (non-hydrogen) atoms. The first-order chi connectivity index (χ1) is 11.1. The molecule has 128 valence electrons. The molecule has 0 aliphatic rings. The van der Waals surface area contributed by atoms with E-state index in [1.54, 1.807) is 19.2 Å². The summed E-state index contributed by atoms with van der Waals surface area (Å²) in [4.78, 5) is 15.3. The van der Waals surface area contributed by atoms with Gasteiger partial charge in [-0.1, -0.05) is 45.2 Å². The van der Waals surface area contributed by atoms with Gasteiger partial charge in [-0.25, -0.2) is 0 Å². The molecule has 1 unspecified atom stereocenters. The van der Waals surface area contributed by atoms with Gasteiger partial charge in [0, 0.05) is 25.7 Å². The Bertz CT molecular complexity index is 496. The maximum Gasteiger partial charge on any atom is 0.248 e. The fourth-order valence-corrected chi connectivity index (χ4v) is 2.38. The highest BCUT2D eigenvalue weighted by atomic mass is 16.1. The Morgan fingerprint density at radius 1 is 1.22 bits per heavy atom. The number of guanidine groups is 1. The van der Waals surface area contributed by atoms with Gasteiger partial charge in [0.05, 0.1) is 0 Å². The average molecular weight is 318 g/mol. The van der Waals surface area contributed by atoms with Crippen LogP contribution in [0.3, 0.4) is 0 Å². The Labute approximate surface area is 139 Å². The van der Waals surface area contributed by atoms with Crippen molar-refractivity contribution < 1.29 is 4.79 Å². The topological polar surface area (TPSA) is 79.5 Å². The van der Waals surface area contributed by atoms with E-state index in [0.717, 1.165) is 18.1 Å². The van der Waals surface area contributed by atoms with Crippen LogP contribution < -0.4 is 16.4 Å². The van der Waals surface area contributed by atoms with Crippen molar-refractivity contribution in [1.29, 1.82) is 0 Å². The molecule has 1 aromatic rings. The van der Waals surface area contributed by atoms with Gasteiger partial charge in [0.1, 0.15) is 0 Å². The lowest BCUT2D eigenvalue weighted by Crippen LogP contribution is -2.39. The van der Waals surface area contributed by atoms with Gasteiger partial charge in [0.15, 0.2) is 5.96 Å². The minimum Gasteiger partial charge on any atom is -0.366 e. The molecule has 0 spiro atoms. The lowest BCUT2D eigenvalue weighted by molar-refractivity contribution is 0.100. The fourth-order valence-electron chi connectivity index (χ4n) is 2.38. The molecule has 1 amide bonds. The monoisotopic (exact) mass is 318 g/mol. The normalized spacial score (nSPS) is 12.7. The molecule has 0 aromatic heterocycles. The van der Waals surface area contributed by atoms with Gasteiger partial charge in [-0.05, 0) is 30.0 Å². The number of carbonyl (C=O) groups excluding carboxylic acids is 1. The molecule has 4 N–H and O–H groups in total. The summed E-state index contributed by atoms with van der Waals surface area (Å²) in [6.07, 6.45) is 4.95. The molecular weight excluding hydrogens is 288 g/mol. The number of carbonyl (C=O) groups is 1. The number of benzene rings is 1. The summed E-state index contributed by atoms with van der Waals surface area (Å²) in [5, 5.41) is 6.69. The largest absolute Gasteiger partial charge is 0.366 e. The van der Waals surface area contributed by atoms with Gasteiger partial charge in [-0.2, -0.15) is 0 Å². The Morgan fingerprint density at radius 3 is 2.43 bits per heavy atom. The van der Waals surface area contributed by atoms with Crippen LogP contribution in [0.25, 0.3) is 0 Å². The molecule has 1 aromatic carbocycles. The number of unbranched alkanes of at least 4 members (excludes halogenated alkanes) is 1. The molecule has 5 heteroatoms. The number of aliphatic imine (C=N–C) groups is 1. The van der Waals surface area contributed by atoms with Crippen LogP contribution in [-0.2, 0) is 6.54 Å². The molecular formula is C18H30N4O. The van der Waals surface area contributed by atoms with E-state index in [9.17, 15) is 4.79 Å². The number of hydrogen-bond donors (Lipinski definition) is 3. The third kappa shape index (κ3) is 7.17. The summed E-state index contributed by atoms with van der Waals surface area (Å²) >= 11 is 0. The van der Waals surface area contributed by atoms with E-state index in [1.807, 2.05) is 12.1 Å². The number of nitrogens with two attached hydrogens (primary N) is 1. The van der Waals surface area contributed by atoms with Gasteiger partial charge < -0.3 is 16.4 Å². The van der Waals surface area contributed by atoms with Crippen molar-refractivity contribution in [3.8, 4) is 0 Å². The van der Waals surface area contributed by atoms with Crippen molar-refractivity contribution in [2.45, 2.75) is 46.1 Å². The van der Waals surface area contributed by atoms with Crippen LogP contribution in [0.2, 0.25) is 0 Å². The minimum atomic E-state index is -0.403. The zero-order valence-electron chi connectivity index (χ0n) is 14.6. The van der Waals surface area contributed by atoms with Crippen LogP contribution in [0.15, 0.2) is 29.3 Å². The molecule has 0 radical (unpaired) electrons. The number of rotatable bonds is 9. The van der Waals surface area contributed by atoms with Gasteiger partial charge >= 0.3 is 0 Å². The van der Waals surface area contributed by atoms with Gasteiger partial charge in [0.2, 0.25) is 5.91 Å². The average Bonchev–Trinajstić information content (AvgIpc) is 2.57. The number of hydrogen-bond acceptors (Lipinski definition) is 2. The van der Waals surface area contributed by atoms with Crippen molar-refractivity contribution in [3.63, 3.8) is 0 Å². The standard InChI is InChI=1S/C18H30N4O/c1-4-6-7-14(5-2)12-21-18(20-3)22-13-15-8-10-16(11-9-15)17(19)23/h8-11,14H,4-7,12-13H2,1-3H3,(H2,19,23)(H2,20,21,22). The molecule has 1 rings (SSSR count). The van der Waals surface area contributed by atoms with Crippen LogP contribution >= 0.6 is 0 Å². The predicted molar refractivity (Wildman–Crippen MR) is 96.5 cm³/mol. The second-order valence-electron chi connectivity index (χ2n) is 5.78. The molecule has 0 bridgehead atoms. The first-order valence-electron chi connectivity index (χ1n) is 8.43. The number of amides is 1. The second kappa shape index (κ2) is 10.6. The minimum absolute atomic E-state index is 0.403. The number of primary amides is 1. The summed E-state index contributed by atoms with van der Waals surface area (Å²) in [6, 6.07) is 7.29. The van der Waals surface area contributed by atoms with Gasteiger partial charge in [0.25, 0.3) is 0 Å². The maximum atomic E-state index is 11.1. The van der Waals surface area contributed by atoms with Crippen LogP contribution in [0.5, 0.6) is 0 Å². The molecule has 0 heterocycles. The summed E-state index contributed by atoms with van der Waals surface area (Å²) in [5.74, 6) is 1.09. The highest BCUT2D eigenvalue weighted by Crippen LogP contribution is 2.11. The quantitative estimate of drug-likeness (QED) is 0.484. The summed E-state index contributed by atoms with van der Waals surface area (Å²) in [7, 11) is 1.78. The molecule has 5 nitrogen and oxygen atoms in total. The highest BCUT2D eigenvalue weighted by Gasteiger charge is 2.07. The SMILES string of the molecule is CCCCC(CC)CNC(=NC)NCc1ccc(C(N)=O)cc1. The van der Waals surface area contributed by atoms with Gasteiger partial charge in [-0.15, -0.1) is 0 Å². The van der Waals surface area contributed by atoms with Crippen molar-refractivity contribution >= 4 is 11.9 Å². The fraction of sp³-hybridized carbons (Fsp3) is 0.556. The van der Waals surface area contributed by atoms with E-state index in [1.165, 1.54) is 25.7 Å². The molecule has 1 atom stereocenters. The van der Waals surface area contributed by atoms with Crippen molar-refractivity contribution in [3.05, 3.63) is 35.4 Å². The molecule has 0 saturated heterocycles. The third-order valence-corrected chi connectivity index (χ3v) is 4.02. The van der Waals surface area contributed by atoms with Crippen molar-refractivity contribution in [2.75, 3.05) is 13.6 Å². The van der Waals surface area contributed by atoms with Crippen LogP contribution in [0.4, 0.5) is 0 Å². The predicted octanol–water partition coefficient (Wildman–Crippen LogP) is 2.67. The van der Waals surface area contributed by atoms with E-state index in [2.05, 4.69) is 29.5 Å². The van der Waals surface area contributed by atoms with E-state index >= 15 is 0 Å². The Kier molecular flexibility index (Phi) is 8.80. The van der Waals surface area contributed by atoms with Crippen LogP contribution in [0, 0.1) is 5.92 Å². The lowest BCUT2D eigenvalue weighted by atomic mass is 9.99. The van der Waals surface area contributed by atoms with E-state index in [4.69, 9.17) is 5.73 Å². The summed E-state index contributed by atoms with van der Waals surface area (Å²) < 4.78 is 0. The Balaban J connectivity index is 2.42. The van der Waals surface area contributed by atoms with Crippen molar-refractivity contribution in [1.82, 2.24) is 10.6 Å². The molecule has 0 fully saturated rings. The first-order valence-corrected chi connectivity index (χ1v) is 8.43. The Hall–Kier alpha value is -2.04. The molecule has 0 aliphatic carbocycles. The third-order valence-electron chi connectivity index (χ3n) is 4.02. The zero-order chi connectivity index (χ0) is 17.1.